The number of fused-ring (bicyclic) bond motifs is 5. The Balaban J connectivity index is 0.000000517. The van der Waals surface area contributed by atoms with Gasteiger partial charge >= 0.3 is 0 Å². The maximum absolute atomic E-state index is 9.70. The fraction of sp³-hybridized carbons (Fsp3) is 1.00. The zero-order valence-electron chi connectivity index (χ0n) is 45.0. The van der Waals surface area contributed by atoms with Crippen molar-refractivity contribution in [2.24, 2.45) is 0 Å². The van der Waals surface area contributed by atoms with Crippen molar-refractivity contribution in [3.05, 3.63) is 0 Å². The predicted octanol–water partition coefficient (Wildman–Crippen LogP) is -12.2. The Bertz CT molecular complexity index is 1970. The monoisotopic (exact) mass is 1480 g/mol. The van der Waals surface area contributed by atoms with E-state index in [1.807, 2.05) is 21.2 Å². The van der Waals surface area contributed by atoms with Gasteiger partial charge in [0.15, 0.2) is 0 Å². The standard InChI is InChI=1S/5C9H17NO5.4CH4.IS6/c5*1-3-6(12)8(14)5-9(15)7(13)4(2-11)10(3)5;;;;;1-7(4,5)6(2)3/h5*3-9,11-15H,2H2,1H3;4*1H4;/q;;;;;;;;;-1/t5*3-,4-,5-,6+,7-,8-,9+;;;;;/m11111...../s1. The SMILES string of the molecule is C.C.C.C.C[C@@H]1[C@H](O)[C@H](O)[C@@H]2[C@H](O)[C@H](O)[C@@H](CO)N21.C[C@@H]1[C@H](O)[C@H](O)[C@@H]2[C@H](O)[C@H](O)[C@@H](CO)N21.C[C@@H]1[C@H](O)[C@H](O)[C@@H]2[C@H](O)[C@H](O)[C@@H](CO)N21.C[C@@H]1[C@H](O)[C@H](O)[C@@H]2[C@H](O)[C@H](O)[C@@H](CO)N21.C[C@@H]1[C@H](O)[C@H](O)[C@@H]2[C@H](O)[C@H](O)[C@@H](CO)N21.S=[S-](=S)S(=S)(=S)I. The first-order valence-electron chi connectivity index (χ1n) is 26.5. The molecule has 10 heterocycles. The van der Waals surface area contributed by atoms with E-state index in [0.717, 1.165) is 0 Å². The van der Waals surface area contributed by atoms with Crippen LogP contribution in [0.2, 0.25) is 0 Å². The normalized spacial score (nSPS) is 49.8. The molecule has 516 valence electrons. The van der Waals surface area contributed by atoms with Crippen molar-refractivity contribution in [1.82, 2.24) is 24.5 Å². The molecule has 10 aliphatic rings. The highest BCUT2D eigenvalue weighted by molar-refractivity contribution is 14.2. The Morgan fingerprint density at radius 1 is 0.279 bits per heavy atom. The molecular formula is C49H101IN5O25S6-. The number of aliphatic hydroxyl groups is 25. The molecule has 0 radical (unpaired) electrons. The Morgan fingerprint density at radius 3 is 0.477 bits per heavy atom. The largest absolute Gasteiger partial charge is 0.395 e. The molecule has 0 aromatic carbocycles. The van der Waals surface area contributed by atoms with Gasteiger partial charge in [0.1, 0.15) is 0 Å². The smallest absolute Gasteiger partial charge is 0.0996 e. The first-order valence-corrected chi connectivity index (χ1v) is 36.2. The molecule has 35 atom stereocenters. The Kier molecular flexibility index (Phi) is 33.8. The third-order valence-corrected chi connectivity index (χ3v) is 36.7. The molecule has 10 aliphatic heterocycles. The topological polar surface area (TPSA) is 522 Å². The molecule has 0 saturated carbocycles. The number of hydrogen-bond acceptors (Lipinski definition) is 35. The number of rotatable bonds is 6. The van der Waals surface area contributed by atoms with Gasteiger partial charge in [0.05, 0.1) is 216 Å². The molecule has 30 nitrogen and oxygen atoms in total. The van der Waals surface area contributed by atoms with Crippen LogP contribution in [0.25, 0.3) is 0 Å². The fourth-order valence-electron chi connectivity index (χ4n) is 14.1. The molecule has 0 unspecified atom stereocenters. The Morgan fingerprint density at radius 2 is 0.384 bits per heavy atom. The van der Waals surface area contributed by atoms with E-state index in [2.05, 4.69) is 22.4 Å². The van der Waals surface area contributed by atoms with Crippen LogP contribution in [0.1, 0.15) is 64.3 Å². The van der Waals surface area contributed by atoms with Crippen LogP contribution in [0.3, 0.4) is 0 Å². The van der Waals surface area contributed by atoms with Crippen molar-refractivity contribution in [3.8, 4) is 0 Å². The predicted molar refractivity (Wildman–Crippen MR) is 335 cm³/mol. The van der Waals surface area contributed by atoms with Crippen LogP contribution in [-0.2, 0) is 55.1 Å². The number of hydrogen-bond donors (Lipinski definition) is 25. The zero-order valence-corrected chi connectivity index (χ0v) is 52.0. The lowest BCUT2D eigenvalue weighted by Gasteiger charge is -2.27. The van der Waals surface area contributed by atoms with Gasteiger partial charge in [-0.3, -0.25) is 31.5 Å². The van der Waals surface area contributed by atoms with Gasteiger partial charge in [-0.05, 0) is 55.8 Å². The van der Waals surface area contributed by atoms with Crippen molar-refractivity contribution >= 4 is 76.4 Å². The summed E-state index contributed by atoms with van der Waals surface area (Å²) in [4.78, 5) is 8.01. The lowest BCUT2D eigenvalue weighted by atomic mass is 10.00. The molecule has 10 fully saturated rings. The van der Waals surface area contributed by atoms with Crippen LogP contribution in [0.4, 0.5) is 0 Å². The van der Waals surface area contributed by atoms with Crippen molar-refractivity contribution < 1.29 is 128 Å². The van der Waals surface area contributed by atoms with Crippen LogP contribution in [0.15, 0.2) is 0 Å². The third-order valence-electron chi connectivity index (χ3n) is 18.5. The lowest BCUT2D eigenvalue weighted by molar-refractivity contribution is -0.0321. The van der Waals surface area contributed by atoms with Crippen molar-refractivity contribution in [3.63, 3.8) is 0 Å². The van der Waals surface area contributed by atoms with Gasteiger partial charge in [0.25, 0.3) is 0 Å². The van der Waals surface area contributed by atoms with Crippen LogP contribution < -0.4 is 0 Å². The highest BCUT2D eigenvalue weighted by atomic mass is 127. The van der Waals surface area contributed by atoms with Crippen molar-refractivity contribution in [2.45, 2.75) is 277 Å². The number of nitrogens with zero attached hydrogens (tertiary/aromatic N) is 5. The van der Waals surface area contributed by atoms with E-state index in [1.54, 1.807) is 59.1 Å². The second kappa shape index (κ2) is 34.2. The molecule has 25 N–H and O–H groups in total. The molecule has 86 heavy (non-hydrogen) atoms. The first-order chi connectivity index (χ1) is 38.0. The van der Waals surface area contributed by atoms with Gasteiger partial charge in [0, 0.05) is 30.2 Å². The Hall–Kier alpha value is 1.11. The molecule has 0 aliphatic carbocycles. The molecule has 0 amide bonds. The van der Waals surface area contributed by atoms with Crippen molar-refractivity contribution in [1.29, 1.82) is 0 Å². The molecule has 37 heteroatoms. The number of aliphatic hydroxyl groups excluding tert-OH is 25. The average Bonchev–Trinajstić information content (AvgIpc) is 1.76. The number of halogens is 1. The summed E-state index contributed by atoms with van der Waals surface area (Å²) < 4.78 is -1.45. The highest BCUT2D eigenvalue weighted by Crippen LogP contribution is 2.42. The third kappa shape index (κ3) is 15.5. The van der Waals surface area contributed by atoms with Crippen LogP contribution in [0, 0.1) is 0 Å². The van der Waals surface area contributed by atoms with Crippen molar-refractivity contribution in [2.75, 3.05) is 33.0 Å². The van der Waals surface area contributed by atoms with E-state index >= 15 is 0 Å². The molecule has 10 saturated heterocycles. The highest BCUT2D eigenvalue weighted by Gasteiger charge is 2.64. The quantitative estimate of drug-likeness (QED) is 0.0508. The molecular weight excluding hydrogens is 1380 g/mol. The van der Waals surface area contributed by atoms with Gasteiger partial charge in [-0.15, -0.1) is 0 Å². The van der Waals surface area contributed by atoms with Gasteiger partial charge in [-0.1, -0.05) is 55.4 Å². The van der Waals surface area contributed by atoms with E-state index in [0.29, 0.717) is 0 Å². The van der Waals surface area contributed by atoms with Gasteiger partial charge in [-0.2, -0.15) is 0 Å². The maximum Gasteiger partial charge on any atom is 0.0996 e. The summed E-state index contributed by atoms with van der Waals surface area (Å²) in [5.41, 5.74) is 0. The van der Waals surface area contributed by atoms with E-state index in [1.165, 1.54) is 0 Å². The summed E-state index contributed by atoms with van der Waals surface area (Å²) in [5, 5.41) is 239. The van der Waals surface area contributed by atoms with Gasteiger partial charge < -0.3 is 128 Å². The summed E-state index contributed by atoms with van der Waals surface area (Å²) in [6.45, 7) is 6.94. The summed E-state index contributed by atoms with van der Waals surface area (Å²) in [7, 11) is -0.567. The molecule has 0 bridgehead atoms. The Labute approximate surface area is 535 Å². The zero-order chi connectivity index (χ0) is 62.7. The maximum atomic E-state index is 9.70. The molecule has 0 aromatic rings. The summed E-state index contributed by atoms with van der Waals surface area (Å²) in [6.07, 6.45) is -21.2. The van der Waals surface area contributed by atoms with Gasteiger partial charge in [0.2, 0.25) is 0 Å². The van der Waals surface area contributed by atoms with E-state index in [-0.39, 0.29) is 93.0 Å². The summed E-state index contributed by atoms with van der Waals surface area (Å²) >= 11 is 20.9. The molecule has 10 rings (SSSR count). The minimum atomic E-state index is -1.45. The first kappa shape index (κ1) is 85.1. The lowest BCUT2D eigenvalue weighted by Crippen LogP contribution is -2.45. The second-order valence-corrected chi connectivity index (χ2v) is 44.4. The van der Waals surface area contributed by atoms with Gasteiger partial charge in [-0.25, -0.2) is 22.4 Å². The fourth-order valence-corrected chi connectivity index (χ4v) is 14.1. The minimum absolute atomic E-state index is 0. The summed E-state index contributed by atoms with van der Waals surface area (Å²) in [6, 6.07) is -8.46. The van der Waals surface area contributed by atoms with Crippen LogP contribution in [0.5, 0.6) is 0 Å². The molecule has 0 spiro atoms. The second-order valence-electron chi connectivity index (χ2n) is 22.6. The van der Waals surface area contributed by atoms with E-state index < -0.39 is 193 Å². The van der Waals surface area contributed by atoms with Crippen LogP contribution >= 0.6 is 21.2 Å². The van der Waals surface area contributed by atoms with E-state index in [4.69, 9.17) is 47.9 Å². The van der Waals surface area contributed by atoms with Crippen LogP contribution in [-0.4, -0.2) is 398 Å². The minimum Gasteiger partial charge on any atom is -0.395 e. The van der Waals surface area contributed by atoms with E-state index in [9.17, 15) is 102 Å². The average molecular weight is 1480 g/mol. The summed E-state index contributed by atoms with van der Waals surface area (Å²) in [5.74, 6) is 0. The molecule has 0 aromatic heterocycles.